The van der Waals surface area contributed by atoms with Gasteiger partial charge in [-0.05, 0) is 29.8 Å². The molecule has 1 saturated heterocycles. The van der Waals surface area contributed by atoms with Crippen molar-refractivity contribution >= 4 is 17.5 Å². The van der Waals surface area contributed by atoms with Crippen molar-refractivity contribution in [1.82, 2.24) is 10.2 Å². The first-order valence-corrected chi connectivity index (χ1v) is 8.73. The molecule has 7 heteroatoms. The van der Waals surface area contributed by atoms with Crippen LogP contribution in [-0.2, 0) is 4.74 Å². The summed E-state index contributed by atoms with van der Waals surface area (Å²) in [5.74, 6) is -2.49. The molecule has 1 fully saturated rings. The highest BCUT2D eigenvalue weighted by Gasteiger charge is 2.25. The lowest BCUT2D eigenvalue weighted by Gasteiger charge is -2.35. The summed E-state index contributed by atoms with van der Waals surface area (Å²) < 4.78 is 31.8. The number of halogens is 3. The van der Waals surface area contributed by atoms with Crippen molar-refractivity contribution in [2.24, 2.45) is 0 Å². The number of nitrogens with one attached hydrogen (secondary N) is 1. The van der Waals surface area contributed by atoms with Crippen molar-refractivity contribution in [3.63, 3.8) is 0 Å². The van der Waals surface area contributed by atoms with Gasteiger partial charge in [-0.2, -0.15) is 0 Å². The predicted octanol–water partition coefficient (Wildman–Crippen LogP) is 3.42. The summed E-state index contributed by atoms with van der Waals surface area (Å²) in [5, 5.41) is 3.42. The van der Waals surface area contributed by atoms with Crippen LogP contribution in [0, 0.1) is 11.6 Å². The van der Waals surface area contributed by atoms with E-state index in [1.807, 2.05) is 24.3 Å². The van der Waals surface area contributed by atoms with E-state index in [4.69, 9.17) is 16.3 Å². The van der Waals surface area contributed by atoms with Gasteiger partial charge in [-0.25, -0.2) is 8.78 Å². The number of carbonyl (C=O) groups is 1. The lowest BCUT2D eigenvalue weighted by atomic mass is 10.0. The smallest absolute Gasteiger partial charge is 0.251 e. The minimum absolute atomic E-state index is 0.0730. The molecule has 1 aliphatic heterocycles. The van der Waals surface area contributed by atoms with Crippen LogP contribution in [0.15, 0.2) is 42.5 Å². The van der Waals surface area contributed by atoms with E-state index in [1.54, 1.807) is 0 Å². The van der Waals surface area contributed by atoms with Gasteiger partial charge in [0.2, 0.25) is 0 Å². The Labute approximate surface area is 155 Å². The molecule has 4 nitrogen and oxygen atoms in total. The topological polar surface area (TPSA) is 41.6 Å². The maximum atomic E-state index is 13.4. The van der Waals surface area contributed by atoms with Crippen molar-refractivity contribution in [1.29, 1.82) is 0 Å². The molecule has 0 radical (unpaired) electrons. The lowest BCUT2D eigenvalue weighted by molar-refractivity contribution is 0.0162. The average molecular weight is 381 g/mol. The van der Waals surface area contributed by atoms with Crippen LogP contribution in [0.2, 0.25) is 5.02 Å². The molecule has 138 valence electrons. The number of hydrogen-bond acceptors (Lipinski definition) is 3. The molecular weight excluding hydrogens is 362 g/mol. The van der Waals surface area contributed by atoms with E-state index in [9.17, 15) is 13.6 Å². The van der Waals surface area contributed by atoms with Gasteiger partial charge >= 0.3 is 0 Å². The van der Waals surface area contributed by atoms with Crippen LogP contribution in [0.4, 0.5) is 8.78 Å². The Balaban J connectivity index is 1.76. The largest absolute Gasteiger partial charge is 0.379 e. The summed E-state index contributed by atoms with van der Waals surface area (Å²) in [4.78, 5) is 14.5. The number of morpholine rings is 1. The van der Waals surface area contributed by atoms with Crippen molar-refractivity contribution in [2.75, 3.05) is 32.8 Å². The first-order valence-electron chi connectivity index (χ1n) is 8.35. The standard InChI is InChI=1S/C19H19ClF2N2O2/c20-15-4-2-1-3-14(15)18(24-7-9-26-10-8-24)12-23-19(25)13-5-6-16(21)17(22)11-13/h1-6,11,18H,7-10,12H2,(H,23,25). The van der Waals surface area contributed by atoms with Crippen molar-refractivity contribution in [3.05, 3.63) is 70.2 Å². The number of rotatable bonds is 5. The summed E-state index contributed by atoms with van der Waals surface area (Å²) in [6.07, 6.45) is 0. The number of ether oxygens (including phenoxy) is 1. The molecule has 1 N–H and O–H groups in total. The molecule has 3 rings (SSSR count). The highest BCUT2D eigenvalue weighted by Crippen LogP contribution is 2.27. The summed E-state index contributed by atoms with van der Waals surface area (Å²) in [6.45, 7) is 2.95. The SMILES string of the molecule is O=C(NCC(c1ccccc1Cl)N1CCOCC1)c1ccc(F)c(F)c1. The number of nitrogens with zero attached hydrogens (tertiary/aromatic N) is 1. The molecule has 1 atom stereocenters. The second-order valence-corrected chi connectivity index (χ2v) is 6.43. The molecule has 26 heavy (non-hydrogen) atoms. The number of carbonyl (C=O) groups excluding carboxylic acids is 1. The molecule has 0 aromatic heterocycles. The van der Waals surface area contributed by atoms with Gasteiger partial charge in [-0.1, -0.05) is 29.8 Å². The fourth-order valence-electron chi connectivity index (χ4n) is 3.00. The van der Waals surface area contributed by atoms with Crippen LogP contribution in [0.1, 0.15) is 22.0 Å². The van der Waals surface area contributed by atoms with Gasteiger partial charge in [0.1, 0.15) is 0 Å². The Morgan fingerprint density at radius 3 is 2.58 bits per heavy atom. The minimum Gasteiger partial charge on any atom is -0.379 e. The van der Waals surface area contributed by atoms with Crippen LogP contribution >= 0.6 is 11.6 Å². The van der Waals surface area contributed by atoms with Crippen molar-refractivity contribution in [2.45, 2.75) is 6.04 Å². The molecule has 2 aromatic rings. The Kier molecular flexibility index (Phi) is 6.19. The molecule has 0 aliphatic carbocycles. The van der Waals surface area contributed by atoms with E-state index in [0.29, 0.717) is 24.8 Å². The zero-order chi connectivity index (χ0) is 18.5. The van der Waals surface area contributed by atoms with E-state index in [-0.39, 0.29) is 11.6 Å². The molecule has 0 spiro atoms. The Morgan fingerprint density at radius 2 is 1.88 bits per heavy atom. The molecule has 0 saturated carbocycles. The van der Waals surface area contributed by atoms with Crippen molar-refractivity contribution < 1.29 is 18.3 Å². The summed E-state index contributed by atoms with van der Waals surface area (Å²) >= 11 is 6.35. The van der Waals surface area contributed by atoms with E-state index in [0.717, 1.165) is 30.8 Å². The quantitative estimate of drug-likeness (QED) is 0.864. The van der Waals surface area contributed by atoms with Gasteiger partial charge in [-0.3, -0.25) is 9.69 Å². The molecule has 1 amide bonds. The zero-order valence-electron chi connectivity index (χ0n) is 14.1. The lowest BCUT2D eigenvalue weighted by Crippen LogP contribution is -2.44. The highest BCUT2D eigenvalue weighted by atomic mass is 35.5. The van der Waals surface area contributed by atoms with Crippen LogP contribution in [0.5, 0.6) is 0 Å². The molecule has 2 aromatic carbocycles. The summed E-state index contributed by atoms with van der Waals surface area (Å²) in [7, 11) is 0. The molecule has 1 unspecified atom stereocenters. The van der Waals surface area contributed by atoms with Gasteiger partial charge < -0.3 is 10.1 Å². The van der Waals surface area contributed by atoms with E-state index >= 15 is 0 Å². The van der Waals surface area contributed by atoms with Crippen LogP contribution in [0.25, 0.3) is 0 Å². The predicted molar refractivity (Wildman–Crippen MR) is 95.3 cm³/mol. The van der Waals surface area contributed by atoms with E-state index in [2.05, 4.69) is 10.2 Å². The second-order valence-electron chi connectivity index (χ2n) is 6.02. The van der Waals surface area contributed by atoms with Gasteiger partial charge in [0.05, 0.1) is 19.3 Å². The number of hydrogen-bond donors (Lipinski definition) is 1. The van der Waals surface area contributed by atoms with Crippen LogP contribution in [-0.4, -0.2) is 43.7 Å². The minimum atomic E-state index is -1.05. The van der Waals surface area contributed by atoms with Gasteiger partial charge in [-0.15, -0.1) is 0 Å². The Hall–Kier alpha value is -2.02. The van der Waals surface area contributed by atoms with Crippen LogP contribution in [0.3, 0.4) is 0 Å². The van der Waals surface area contributed by atoms with Gasteiger partial charge in [0, 0.05) is 30.2 Å². The summed E-state index contributed by atoms with van der Waals surface area (Å²) in [6, 6.07) is 10.4. The Bertz CT molecular complexity index is 782. The zero-order valence-corrected chi connectivity index (χ0v) is 14.8. The third kappa shape index (κ3) is 4.38. The van der Waals surface area contributed by atoms with Gasteiger partial charge in [0.25, 0.3) is 5.91 Å². The first-order chi connectivity index (χ1) is 12.6. The highest BCUT2D eigenvalue weighted by molar-refractivity contribution is 6.31. The molecule has 0 bridgehead atoms. The maximum Gasteiger partial charge on any atom is 0.251 e. The van der Waals surface area contributed by atoms with Gasteiger partial charge in [0.15, 0.2) is 11.6 Å². The fraction of sp³-hybridized carbons (Fsp3) is 0.316. The average Bonchev–Trinajstić information content (AvgIpc) is 2.66. The normalized spacial score (nSPS) is 16.3. The third-order valence-corrected chi connectivity index (χ3v) is 4.73. The molecule has 1 aliphatic rings. The maximum absolute atomic E-state index is 13.4. The number of benzene rings is 2. The monoisotopic (exact) mass is 380 g/mol. The molecule has 1 heterocycles. The first kappa shape index (κ1) is 18.8. The molecular formula is C19H19ClF2N2O2. The van der Waals surface area contributed by atoms with E-state index < -0.39 is 17.5 Å². The Morgan fingerprint density at radius 1 is 1.15 bits per heavy atom. The fourth-order valence-corrected chi connectivity index (χ4v) is 3.26. The van der Waals surface area contributed by atoms with E-state index in [1.165, 1.54) is 6.07 Å². The number of amides is 1. The van der Waals surface area contributed by atoms with Crippen LogP contribution < -0.4 is 5.32 Å². The third-order valence-electron chi connectivity index (χ3n) is 4.39. The summed E-state index contributed by atoms with van der Waals surface area (Å²) in [5.41, 5.74) is 0.977. The van der Waals surface area contributed by atoms with Crippen molar-refractivity contribution in [3.8, 4) is 0 Å². The second kappa shape index (κ2) is 8.58.